The Hall–Kier alpha value is -0.800. The first-order chi connectivity index (χ1) is 7.00. The van der Waals surface area contributed by atoms with Crippen LogP contribution in [0.1, 0.15) is 24.1 Å². The Morgan fingerprint density at radius 3 is 2.80 bits per heavy atom. The standard InChI is InChI=1S/C12H16BrNO/c1-8-4-5-11(10(3)14)12(6-8)15-7-9(2)13/h4-6,10H,2,7,14H2,1,3H3. The number of nitrogens with two attached hydrogens (primary N) is 1. The van der Waals surface area contributed by atoms with E-state index in [1.807, 2.05) is 32.0 Å². The third-order valence-electron chi connectivity index (χ3n) is 2.04. The van der Waals surface area contributed by atoms with E-state index in [1.54, 1.807) is 0 Å². The lowest BCUT2D eigenvalue weighted by Gasteiger charge is -2.14. The molecule has 1 atom stereocenters. The van der Waals surface area contributed by atoms with E-state index in [-0.39, 0.29) is 6.04 Å². The smallest absolute Gasteiger partial charge is 0.124 e. The predicted molar refractivity (Wildman–Crippen MR) is 67.3 cm³/mol. The maximum absolute atomic E-state index is 5.86. The molecule has 0 bridgehead atoms. The number of rotatable bonds is 4. The van der Waals surface area contributed by atoms with Crippen molar-refractivity contribution in [1.29, 1.82) is 0 Å². The predicted octanol–water partition coefficient (Wildman–Crippen LogP) is 3.30. The average molecular weight is 270 g/mol. The Morgan fingerprint density at radius 2 is 2.27 bits per heavy atom. The van der Waals surface area contributed by atoms with Crippen molar-refractivity contribution in [1.82, 2.24) is 0 Å². The fourth-order valence-corrected chi connectivity index (χ4v) is 1.41. The molecule has 0 aliphatic rings. The van der Waals surface area contributed by atoms with Crippen LogP contribution >= 0.6 is 15.9 Å². The quantitative estimate of drug-likeness (QED) is 0.911. The second-order valence-electron chi connectivity index (χ2n) is 3.64. The largest absolute Gasteiger partial charge is 0.488 e. The minimum atomic E-state index is -0.0239. The van der Waals surface area contributed by atoms with Gasteiger partial charge in [-0.2, -0.15) is 0 Å². The number of hydrogen-bond acceptors (Lipinski definition) is 2. The van der Waals surface area contributed by atoms with Crippen LogP contribution in [0.3, 0.4) is 0 Å². The van der Waals surface area contributed by atoms with Crippen LogP contribution in [0.25, 0.3) is 0 Å². The van der Waals surface area contributed by atoms with Crippen LogP contribution in [-0.4, -0.2) is 6.61 Å². The molecule has 15 heavy (non-hydrogen) atoms. The van der Waals surface area contributed by atoms with Crippen molar-refractivity contribution >= 4 is 15.9 Å². The van der Waals surface area contributed by atoms with Crippen LogP contribution in [0, 0.1) is 6.92 Å². The van der Waals surface area contributed by atoms with E-state index >= 15 is 0 Å². The summed E-state index contributed by atoms with van der Waals surface area (Å²) in [4.78, 5) is 0. The molecule has 0 saturated carbocycles. The summed E-state index contributed by atoms with van der Waals surface area (Å²) in [6.07, 6.45) is 0. The molecule has 1 rings (SSSR count). The Kier molecular flexibility index (Phi) is 4.36. The summed E-state index contributed by atoms with van der Waals surface area (Å²) in [5.74, 6) is 0.839. The van der Waals surface area contributed by atoms with Crippen molar-refractivity contribution in [3.8, 4) is 5.75 Å². The fourth-order valence-electron chi connectivity index (χ4n) is 1.30. The van der Waals surface area contributed by atoms with Gasteiger partial charge in [0.1, 0.15) is 12.4 Å². The highest BCUT2D eigenvalue weighted by molar-refractivity contribution is 9.11. The molecule has 82 valence electrons. The van der Waals surface area contributed by atoms with Gasteiger partial charge in [0.15, 0.2) is 0 Å². The molecule has 0 spiro atoms. The minimum Gasteiger partial charge on any atom is -0.488 e. The summed E-state index contributed by atoms with van der Waals surface area (Å²) >= 11 is 3.26. The normalized spacial score (nSPS) is 12.3. The number of benzene rings is 1. The second-order valence-corrected chi connectivity index (χ2v) is 4.76. The van der Waals surface area contributed by atoms with Crippen LogP contribution in [0.2, 0.25) is 0 Å². The van der Waals surface area contributed by atoms with E-state index in [0.29, 0.717) is 6.61 Å². The maximum Gasteiger partial charge on any atom is 0.124 e. The first-order valence-electron chi connectivity index (χ1n) is 4.83. The maximum atomic E-state index is 5.86. The van der Waals surface area contributed by atoms with Crippen LogP contribution < -0.4 is 10.5 Å². The zero-order valence-electron chi connectivity index (χ0n) is 9.09. The van der Waals surface area contributed by atoms with E-state index in [0.717, 1.165) is 21.4 Å². The lowest BCUT2D eigenvalue weighted by atomic mass is 10.1. The summed E-state index contributed by atoms with van der Waals surface area (Å²) in [6.45, 7) is 8.16. The molecule has 3 heteroatoms. The molecule has 1 unspecified atom stereocenters. The van der Waals surface area contributed by atoms with Gasteiger partial charge < -0.3 is 10.5 Å². The molecular weight excluding hydrogens is 254 g/mol. The Bertz CT molecular complexity index is 361. The van der Waals surface area contributed by atoms with Gasteiger partial charge in [-0.3, -0.25) is 0 Å². The van der Waals surface area contributed by atoms with Gasteiger partial charge in [-0.05, 0) is 25.5 Å². The van der Waals surface area contributed by atoms with Crippen molar-refractivity contribution in [3.63, 3.8) is 0 Å². The molecule has 0 saturated heterocycles. The van der Waals surface area contributed by atoms with Gasteiger partial charge in [0.25, 0.3) is 0 Å². The zero-order valence-corrected chi connectivity index (χ0v) is 10.7. The molecule has 0 amide bonds. The molecule has 0 fully saturated rings. The van der Waals surface area contributed by atoms with Gasteiger partial charge in [-0.15, -0.1) is 0 Å². The monoisotopic (exact) mass is 269 g/mol. The molecule has 1 aromatic carbocycles. The Morgan fingerprint density at radius 1 is 1.60 bits per heavy atom. The Balaban J connectivity index is 2.91. The van der Waals surface area contributed by atoms with Gasteiger partial charge in [0.05, 0.1) is 0 Å². The average Bonchev–Trinajstić information content (AvgIpc) is 2.14. The Labute approximate surface area is 99.3 Å². The summed E-state index contributed by atoms with van der Waals surface area (Å²) < 4.78 is 6.43. The summed E-state index contributed by atoms with van der Waals surface area (Å²) in [5, 5.41) is 0. The van der Waals surface area contributed by atoms with Gasteiger partial charge in [0, 0.05) is 16.1 Å². The second kappa shape index (κ2) is 5.33. The number of halogens is 1. The molecular formula is C12H16BrNO. The van der Waals surface area contributed by atoms with Crippen LogP contribution in [0.15, 0.2) is 29.3 Å². The summed E-state index contributed by atoms with van der Waals surface area (Å²) in [5.41, 5.74) is 8.04. The molecule has 0 aliphatic heterocycles. The molecule has 1 aromatic rings. The fraction of sp³-hybridized carbons (Fsp3) is 0.333. The first-order valence-corrected chi connectivity index (χ1v) is 5.62. The molecule has 2 N–H and O–H groups in total. The van der Waals surface area contributed by atoms with Gasteiger partial charge in [0.2, 0.25) is 0 Å². The number of ether oxygens (including phenoxy) is 1. The molecule has 2 nitrogen and oxygen atoms in total. The SMILES string of the molecule is C=C(Br)COc1cc(C)ccc1C(C)N. The van der Waals surface area contributed by atoms with Crippen LogP contribution in [0.5, 0.6) is 5.75 Å². The van der Waals surface area contributed by atoms with E-state index in [4.69, 9.17) is 10.5 Å². The van der Waals surface area contributed by atoms with Crippen molar-refractivity contribution in [2.45, 2.75) is 19.9 Å². The molecule has 0 heterocycles. The van der Waals surface area contributed by atoms with Gasteiger partial charge in [-0.1, -0.05) is 34.6 Å². The third kappa shape index (κ3) is 3.68. The van der Waals surface area contributed by atoms with Crippen molar-refractivity contribution < 1.29 is 4.74 Å². The van der Waals surface area contributed by atoms with E-state index in [2.05, 4.69) is 22.5 Å². The molecule has 0 aromatic heterocycles. The highest BCUT2D eigenvalue weighted by atomic mass is 79.9. The van der Waals surface area contributed by atoms with E-state index in [1.165, 1.54) is 0 Å². The van der Waals surface area contributed by atoms with E-state index < -0.39 is 0 Å². The highest BCUT2D eigenvalue weighted by Gasteiger charge is 2.08. The topological polar surface area (TPSA) is 35.2 Å². The lowest BCUT2D eigenvalue weighted by molar-refractivity contribution is 0.354. The minimum absolute atomic E-state index is 0.0239. The molecule has 0 aliphatic carbocycles. The van der Waals surface area contributed by atoms with Crippen LogP contribution in [-0.2, 0) is 0 Å². The highest BCUT2D eigenvalue weighted by Crippen LogP contribution is 2.25. The third-order valence-corrected chi connectivity index (χ3v) is 2.27. The lowest BCUT2D eigenvalue weighted by Crippen LogP contribution is -2.08. The summed E-state index contributed by atoms with van der Waals surface area (Å²) in [7, 11) is 0. The summed E-state index contributed by atoms with van der Waals surface area (Å²) in [6, 6.07) is 6.01. The van der Waals surface area contributed by atoms with E-state index in [9.17, 15) is 0 Å². The van der Waals surface area contributed by atoms with Crippen LogP contribution in [0.4, 0.5) is 0 Å². The van der Waals surface area contributed by atoms with Crippen molar-refractivity contribution in [2.24, 2.45) is 5.73 Å². The molecule has 0 radical (unpaired) electrons. The first kappa shape index (κ1) is 12.3. The number of hydrogen-bond donors (Lipinski definition) is 1. The number of aryl methyl sites for hydroxylation is 1. The van der Waals surface area contributed by atoms with Gasteiger partial charge >= 0.3 is 0 Å². The van der Waals surface area contributed by atoms with Crippen molar-refractivity contribution in [2.75, 3.05) is 6.61 Å². The van der Waals surface area contributed by atoms with Gasteiger partial charge in [-0.25, -0.2) is 0 Å². The van der Waals surface area contributed by atoms with Crippen molar-refractivity contribution in [3.05, 3.63) is 40.4 Å². The zero-order chi connectivity index (χ0) is 11.4.